The summed E-state index contributed by atoms with van der Waals surface area (Å²) in [6, 6.07) is 5.02. The second-order valence-corrected chi connectivity index (χ2v) is 6.41. The van der Waals surface area contributed by atoms with Gasteiger partial charge in [-0.15, -0.1) is 0 Å². The van der Waals surface area contributed by atoms with E-state index in [1.807, 2.05) is 4.57 Å². The highest BCUT2D eigenvalue weighted by atomic mass is 16.4. The lowest BCUT2D eigenvalue weighted by Gasteiger charge is -2.32. The van der Waals surface area contributed by atoms with Crippen LogP contribution in [0.1, 0.15) is 49.5 Å². The molecule has 21 heavy (non-hydrogen) atoms. The zero-order valence-electron chi connectivity index (χ0n) is 12.3. The minimum absolute atomic E-state index is 0.140. The van der Waals surface area contributed by atoms with Gasteiger partial charge in [0.05, 0.1) is 16.6 Å². The van der Waals surface area contributed by atoms with Gasteiger partial charge in [0.1, 0.15) is 0 Å². The summed E-state index contributed by atoms with van der Waals surface area (Å²) in [5.41, 5.74) is 1.46. The van der Waals surface area contributed by atoms with E-state index in [2.05, 4.69) is 18.8 Å². The summed E-state index contributed by atoms with van der Waals surface area (Å²) >= 11 is 0. The van der Waals surface area contributed by atoms with Crippen LogP contribution in [0.5, 0.6) is 0 Å². The minimum atomic E-state index is -0.981. The maximum atomic E-state index is 12.3. The van der Waals surface area contributed by atoms with E-state index >= 15 is 0 Å². The van der Waals surface area contributed by atoms with Crippen LogP contribution in [0.3, 0.4) is 0 Å². The van der Waals surface area contributed by atoms with E-state index in [4.69, 9.17) is 5.11 Å². The number of nitrogens with zero attached hydrogens (tertiary/aromatic N) is 1. The monoisotopic (exact) mass is 288 g/mol. The maximum absolute atomic E-state index is 12.3. The van der Waals surface area contributed by atoms with Crippen LogP contribution >= 0.6 is 0 Å². The van der Waals surface area contributed by atoms with Gasteiger partial charge in [0, 0.05) is 6.04 Å². The summed E-state index contributed by atoms with van der Waals surface area (Å²) in [7, 11) is 0. The Morgan fingerprint density at radius 2 is 1.90 bits per heavy atom. The van der Waals surface area contributed by atoms with Crippen LogP contribution in [0.25, 0.3) is 11.0 Å². The number of aromatic amines is 1. The fourth-order valence-corrected chi connectivity index (χ4v) is 3.74. The Bertz CT molecular complexity index is 734. The Balaban J connectivity index is 2.08. The van der Waals surface area contributed by atoms with Gasteiger partial charge in [0.15, 0.2) is 0 Å². The number of hydrogen-bond acceptors (Lipinski definition) is 2. The molecular formula is C16H20N2O3. The van der Waals surface area contributed by atoms with E-state index < -0.39 is 5.97 Å². The Hall–Kier alpha value is -2.04. The molecule has 0 aliphatic heterocycles. The van der Waals surface area contributed by atoms with Crippen molar-refractivity contribution in [2.24, 2.45) is 11.8 Å². The Kier molecular flexibility index (Phi) is 3.35. The highest BCUT2D eigenvalue weighted by Crippen LogP contribution is 2.36. The van der Waals surface area contributed by atoms with Gasteiger partial charge >= 0.3 is 11.7 Å². The van der Waals surface area contributed by atoms with Crippen molar-refractivity contribution in [3.05, 3.63) is 34.2 Å². The van der Waals surface area contributed by atoms with E-state index in [0.29, 0.717) is 17.4 Å². The molecule has 1 aromatic carbocycles. The smallest absolute Gasteiger partial charge is 0.335 e. The fourth-order valence-electron chi connectivity index (χ4n) is 3.74. The third-order valence-corrected chi connectivity index (χ3v) is 4.48. The number of aromatic carboxylic acids is 1. The number of carboxylic acid groups (broad SMARTS) is 1. The first-order valence-corrected chi connectivity index (χ1v) is 7.43. The molecule has 0 saturated heterocycles. The van der Waals surface area contributed by atoms with E-state index in [9.17, 15) is 9.59 Å². The van der Waals surface area contributed by atoms with Crippen LogP contribution in [-0.2, 0) is 0 Å². The standard InChI is InChI=1S/C16H20N2O3/c1-9-5-10(2)7-12(6-9)18-14-4-3-11(15(19)20)8-13(14)17-16(18)21/h3-4,8-10,12H,5-7H2,1-2H3,(H,17,21)(H,19,20). The second kappa shape index (κ2) is 5.06. The van der Waals surface area contributed by atoms with E-state index in [1.54, 1.807) is 12.1 Å². The van der Waals surface area contributed by atoms with E-state index in [-0.39, 0.29) is 17.3 Å². The predicted molar refractivity (Wildman–Crippen MR) is 80.7 cm³/mol. The number of nitrogens with one attached hydrogen (secondary N) is 1. The average Bonchev–Trinajstić information content (AvgIpc) is 2.72. The van der Waals surface area contributed by atoms with Crippen LogP contribution in [0.15, 0.2) is 23.0 Å². The second-order valence-electron chi connectivity index (χ2n) is 6.41. The largest absolute Gasteiger partial charge is 0.478 e. The number of benzene rings is 1. The topological polar surface area (TPSA) is 75.1 Å². The van der Waals surface area contributed by atoms with Crippen LogP contribution in [0.2, 0.25) is 0 Å². The maximum Gasteiger partial charge on any atom is 0.335 e. The van der Waals surface area contributed by atoms with Gasteiger partial charge in [-0.25, -0.2) is 9.59 Å². The van der Waals surface area contributed by atoms with Gasteiger partial charge in [0.2, 0.25) is 0 Å². The van der Waals surface area contributed by atoms with Gasteiger partial charge in [-0.05, 0) is 49.3 Å². The van der Waals surface area contributed by atoms with Crippen molar-refractivity contribution in [2.45, 2.75) is 39.2 Å². The normalized spacial score (nSPS) is 26.1. The first kappa shape index (κ1) is 13.9. The quantitative estimate of drug-likeness (QED) is 0.892. The molecule has 3 rings (SSSR count). The van der Waals surface area contributed by atoms with Crippen molar-refractivity contribution in [2.75, 3.05) is 0 Å². The van der Waals surface area contributed by atoms with Crippen LogP contribution < -0.4 is 5.69 Å². The van der Waals surface area contributed by atoms with E-state index in [0.717, 1.165) is 18.4 Å². The zero-order valence-corrected chi connectivity index (χ0v) is 12.3. The summed E-state index contributed by atoms with van der Waals surface area (Å²) in [6.45, 7) is 4.45. The molecule has 1 aliphatic carbocycles. The van der Waals surface area contributed by atoms with Gasteiger partial charge in [-0.2, -0.15) is 0 Å². The van der Waals surface area contributed by atoms with Gasteiger partial charge < -0.3 is 10.1 Å². The predicted octanol–water partition coefficient (Wildman–Crippen LogP) is 3.03. The number of hydrogen-bond donors (Lipinski definition) is 2. The molecule has 5 heteroatoms. The van der Waals surface area contributed by atoms with Crippen molar-refractivity contribution in [3.63, 3.8) is 0 Å². The Morgan fingerprint density at radius 3 is 2.52 bits per heavy atom. The van der Waals surface area contributed by atoms with Crippen molar-refractivity contribution in [1.29, 1.82) is 0 Å². The average molecular weight is 288 g/mol. The summed E-state index contributed by atoms with van der Waals surface area (Å²) in [5.74, 6) is 0.230. The molecule has 0 amide bonds. The van der Waals surface area contributed by atoms with Gasteiger partial charge in [-0.1, -0.05) is 13.8 Å². The molecule has 1 aromatic heterocycles. The Morgan fingerprint density at radius 1 is 1.24 bits per heavy atom. The van der Waals surface area contributed by atoms with Gasteiger partial charge in [-0.3, -0.25) is 4.57 Å². The molecule has 2 unspecified atom stereocenters. The summed E-state index contributed by atoms with van der Waals surface area (Å²) in [4.78, 5) is 26.1. The lowest BCUT2D eigenvalue weighted by molar-refractivity contribution is 0.0697. The molecule has 2 N–H and O–H groups in total. The minimum Gasteiger partial charge on any atom is -0.478 e. The lowest BCUT2D eigenvalue weighted by Crippen LogP contribution is -2.29. The van der Waals surface area contributed by atoms with E-state index in [1.165, 1.54) is 12.5 Å². The molecule has 0 radical (unpaired) electrons. The van der Waals surface area contributed by atoms with Crippen molar-refractivity contribution in [3.8, 4) is 0 Å². The third kappa shape index (κ3) is 2.48. The van der Waals surface area contributed by atoms with Crippen molar-refractivity contribution < 1.29 is 9.90 Å². The van der Waals surface area contributed by atoms with Crippen LogP contribution in [0, 0.1) is 11.8 Å². The summed E-state index contributed by atoms with van der Waals surface area (Å²) in [6.07, 6.45) is 3.20. The van der Waals surface area contributed by atoms with Crippen LogP contribution in [0.4, 0.5) is 0 Å². The number of imidazole rings is 1. The number of H-pyrrole nitrogens is 1. The number of fused-ring (bicyclic) bond motifs is 1. The van der Waals surface area contributed by atoms with Crippen molar-refractivity contribution in [1.82, 2.24) is 9.55 Å². The molecule has 1 fully saturated rings. The molecular weight excluding hydrogens is 268 g/mol. The van der Waals surface area contributed by atoms with Gasteiger partial charge in [0.25, 0.3) is 0 Å². The molecule has 1 saturated carbocycles. The molecule has 5 nitrogen and oxygen atoms in total. The summed E-state index contributed by atoms with van der Waals surface area (Å²) < 4.78 is 1.81. The highest BCUT2D eigenvalue weighted by molar-refractivity contribution is 5.92. The third-order valence-electron chi connectivity index (χ3n) is 4.48. The summed E-state index contributed by atoms with van der Waals surface area (Å²) in [5, 5.41) is 9.04. The molecule has 0 spiro atoms. The Labute approximate surface area is 122 Å². The fraction of sp³-hybridized carbons (Fsp3) is 0.500. The van der Waals surface area contributed by atoms with Crippen molar-refractivity contribution >= 4 is 17.0 Å². The number of rotatable bonds is 2. The highest BCUT2D eigenvalue weighted by Gasteiger charge is 2.27. The molecule has 112 valence electrons. The molecule has 1 aliphatic rings. The lowest BCUT2D eigenvalue weighted by atomic mass is 9.80. The SMILES string of the molecule is CC1CC(C)CC(n2c(=O)[nH]c3cc(C(=O)O)ccc32)C1. The first-order valence-electron chi connectivity index (χ1n) is 7.43. The van der Waals surface area contributed by atoms with Crippen LogP contribution in [-0.4, -0.2) is 20.6 Å². The molecule has 2 aromatic rings. The molecule has 0 bridgehead atoms. The first-order chi connectivity index (χ1) is 9.95. The zero-order chi connectivity index (χ0) is 15.1. The number of carboxylic acids is 1. The molecule has 2 atom stereocenters. The molecule has 1 heterocycles. The number of carbonyl (C=O) groups is 1. The number of aromatic nitrogens is 2.